The van der Waals surface area contributed by atoms with Crippen LogP contribution in [0.5, 0.6) is 11.5 Å². The lowest BCUT2D eigenvalue weighted by atomic mass is 10.1. The third-order valence-electron chi connectivity index (χ3n) is 4.63. The summed E-state index contributed by atoms with van der Waals surface area (Å²) in [5.74, 6) is 0.633. The summed E-state index contributed by atoms with van der Waals surface area (Å²) in [6, 6.07) is 14.5. The van der Waals surface area contributed by atoms with Crippen molar-refractivity contribution in [3.63, 3.8) is 0 Å². The third kappa shape index (κ3) is 6.24. The van der Waals surface area contributed by atoms with Crippen molar-refractivity contribution in [2.45, 2.75) is 39.8 Å². The zero-order valence-electron chi connectivity index (χ0n) is 17.6. The summed E-state index contributed by atoms with van der Waals surface area (Å²) >= 11 is 0. The van der Waals surface area contributed by atoms with Crippen LogP contribution in [0.2, 0.25) is 0 Å². The minimum Gasteiger partial charge on any atom is -0.493 e. The number of rotatable bonds is 10. The van der Waals surface area contributed by atoms with Crippen molar-refractivity contribution < 1.29 is 19.1 Å². The number of para-hydroxylation sites is 2. The second-order valence-corrected chi connectivity index (χ2v) is 6.77. The molecule has 2 aromatic carbocycles. The number of carbonyl (C=O) groups is 2. The van der Waals surface area contributed by atoms with Crippen molar-refractivity contribution in [2.24, 2.45) is 0 Å². The number of benzene rings is 2. The zero-order valence-corrected chi connectivity index (χ0v) is 17.6. The van der Waals surface area contributed by atoms with Crippen molar-refractivity contribution in [3.05, 3.63) is 59.7 Å². The quantitative estimate of drug-likeness (QED) is 0.667. The number of amides is 2. The van der Waals surface area contributed by atoms with Gasteiger partial charge in [-0.25, -0.2) is 0 Å². The molecule has 2 aromatic rings. The van der Waals surface area contributed by atoms with Crippen LogP contribution >= 0.6 is 0 Å². The lowest BCUT2D eigenvalue weighted by Crippen LogP contribution is -2.50. The van der Waals surface area contributed by atoms with Gasteiger partial charge in [0.2, 0.25) is 5.91 Å². The van der Waals surface area contributed by atoms with Gasteiger partial charge in [0.15, 0.2) is 18.1 Å². The van der Waals surface area contributed by atoms with E-state index in [9.17, 15) is 9.59 Å². The molecule has 156 valence electrons. The molecule has 0 radical (unpaired) electrons. The predicted molar refractivity (Wildman–Crippen MR) is 113 cm³/mol. The minimum atomic E-state index is -0.565. The van der Waals surface area contributed by atoms with Crippen LogP contribution in [0.25, 0.3) is 0 Å². The van der Waals surface area contributed by atoms with Crippen molar-refractivity contribution in [3.8, 4) is 11.5 Å². The molecule has 1 atom stereocenters. The number of carbonyl (C=O) groups excluding carboxylic acids is 2. The van der Waals surface area contributed by atoms with Gasteiger partial charge in [0.05, 0.1) is 7.11 Å². The van der Waals surface area contributed by atoms with E-state index >= 15 is 0 Å². The molecule has 0 aliphatic heterocycles. The van der Waals surface area contributed by atoms with Crippen LogP contribution in [-0.2, 0) is 16.1 Å². The molecule has 0 saturated heterocycles. The summed E-state index contributed by atoms with van der Waals surface area (Å²) in [4.78, 5) is 27.2. The maximum atomic E-state index is 13.1. The van der Waals surface area contributed by atoms with E-state index in [-0.39, 0.29) is 18.4 Å². The Balaban J connectivity index is 2.20. The summed E-state index contributed by atoms with van der Waals surface area (Å²) in [6.45, 7) is 6.45. The zero-order chi connectivity index (χ0) is 21.2. The monoisotopic (exact) mass is 398 g/mol. The second kappa shape index (κ2) is 11.1. The van der Waals surface area contributed by atoms with Crippen LogP contribution in [-0.4, -0.2) is 43.0 Å². The molecule has 0 fully saturated rings. The highest BCUT2D eigenvalue weighted by Gasteiger charge is 2.28. The van der Waals surface area contributed by atoms with Crippen LogP contribution in [0.4, 0.5) is 0 Å². The molecule has 1 unspecified atom stereocenters. The highest BCUT2D eigenvalue weighted by Crippen LogP contribution is 2.26. The molecule has 0 heterocycles. The van der Waals surface area contributed by atoms with Gasteiger partial charge >= 0.3 is 0 Å². The van der Waals surface area contributed by atoms with E-state index in [0.29, 0.717) is 31.0 Å². The van der Waals surface area contributed by atoms with Gasteiger partial charge in [0, 0.05) is 13.1 Å². The first-order chi connectivity index (χ1) is 14.0. The number of ether oxygens (including phenoxy) is 2. The fourth-order valence-electron chi connectivity index (χ4n) is 3.06. The molecule has 0 bridgehead atoms. The third-order valence-corrected chi connectivity index (χ3v) is 4.63. The molecule has 2 rings (SSSR count). The molecule has 0 aliphatic carbocycles. The Hall–Kier alpha value is -3.02. The molecule has 0 spiro atoms. The van der Waals surface area contributed by atoms with E-state index in [1.807, 2.05) is 57.2 Å². The first-order valence-electron chi connectivity index (χ1n) is 9.88. The fourth-order valence-corrected chi connectivity index (χ4v) is 3.06. The second-order valence-electron chi connectivity index (χ2n) is 6.77. The van der Waals surface area contributed by atoms with Gasteiger partial charge < -0.3 is 19.7 Å². The molecule has 1 N–H and O–H groups in total. The molecule has 29 heavy (non-hydrogen) atoms. The smallest absolute Gasteiger partial charge is 0.261 e. The summed E-state index contributed by atoms with van der Waals surface area (Å²) in [6.07, 6.45) is 0.512. The number of nitrogens with zero attached hydrogens (tertiary/aromatic N) is 1. The fraction of sp³-hybridized carbons (Fsp3) is 0.391. The van der Waals surface area contributed by atoms with Crippen LogP contribution in [0.15, 0.2) is 48.5 Å². The minimum absolute atomic E-state index is 0.159. The molecular weight excluding hydrogens is 368 g/mol. The summed E-state index contributed by atoms with van der Waals surface area (Å²) in [5, 5.41) is 2.83. The maximum absolute atomic E-state index is 13.1. The van der Waals surface area contributed by atoms with E-state index in [1.165, 1.54) is 0 Å². The molecule has 0 aliphatic rings. The van der Waals surface area contributed by atoms with Crippen molar-refractivity contribution in [1.29, 1.82) is 0 Å². The SMILES string of the molecule is CCNC(=O)C(CC)N(Cc1ccc(C)cc1)C(=O)COc1ccccc1OC. The van der Waals surface area contributed by atoms with Crippen molar-refractivity contribution in [1.82, 2.24) is 10.2 Å². The molecule has 0 saturated carbocycles. The molecular formula is C23H30N2O4. The van der Waals surface area contributed by atoms with Crippen molar-refractivity contribution in [2.75, 3.05) is 20.3 Å². The Morgan fingerprint density at radius 2 is 1.69 bits per heavy atom. The summed E-state index contributed by atoms with van der Waals surface area (Å²) < 4.78 is 11.0. The predicted octanol–water partition coefficient (Wildman–Crippen LogP) is 3.33. The highest BCUT2D eigenvalue weighted by atomic mass is 16.5. The molecule has 6 heteroatoms. The standard InChI is InChI=1S/C23H30N2O4/c1-5-19(23(27)24-6-2)25(15-18-13-11-17(3)12-14-18)22(26)16-29-21-10-8-7-9-20(21)28-4/h7-14,19H,5-6,15-16H2,1-4H3,(H,24,27). The Labute approximate surface area is 172 Å². The highest BCUT2D eigenvalue weighted by molar-refractivity contribution is 5.88. The van der Waals surface area contributed by atoms with Crippen LogP contribution in [0, 0.1) is 6.92 Å². The molecule has 6 nitrogen and oxygen atoms in total. The van der Waals surface area contributed by atoms with E-state index in [0.717, 1.165) is 11.1 Å². The van der Waals surface area contributed by atoms with E-state index in [1.54, 1.807) is 24.1 Å². The van der Waals surface area contributed by atoms with Gasteiger partial charge in [-0.05, 0) is 38.0 Å². The van der Waals surface area contributed by atoms with Gasteiger partial charge in [0.1, 0.15) is 6.04 Å². The maximum Gasteiger partial charge on any atom is 0.261 e. The van der Waals surface area contributed by atoms with Gasteiger partial charge in [-0.2, -0.15) is 0 Å². The number of hydrogen-bond acceptors (Lipinski definition) is 4. The number of likely N-dealkylation sites (N-methyl/N-ethyl adjacent to an activating group) is 1. The largest absolute Gasteiger partial charge is 0.493 e. The number of nitrogens with one attached hydrogen (secondary N) is 1. The van der Waals surface area contributed by atoms with Gasteiger partial charge in [0.25, 0.3) is 5.91 Å². The Morgan fingerprint density at radius 1 is 1.03 bits per heavy atom. The van der Waals surface area contributed by atoms with Crippen LogP contribution in [0.3, 0.4) is 0 Å². The summed E-state index contributed by atoms with van der Waals surface area (Å²) in [7, 11) is 1.55. The van der Waals surface area contributed by atoms with Crippen LogP contribution in [0.1, 0.15) is 31.4 Å². The Morgan fingerprint density at radius 3 is 2.28 bits per heavy atom. The molecule has 2 amide bonds. The van der Waals surface area contributed by atoms with E-state index in [4.69, 9.17) is 9.47 Å². The van der Waals surface area contributed by atoms with Crippen LogP contribution < -0.4 is 14.8 Å². The number of aryl methyl sites for hydroxylation is 1. The van der Waals surface area contributed by atoms with E-state index < -0.39 is 6.04 Å². The normalized spacial score (nSPS) is 11.4. The lowest BCUT2D eigenvalue weighted by Gasteiger charge is -2.30. The number of hydrogen-bond donors (Lipinski definition) is 1. The summed E-state index contributed by atoms with van der Waals surface area (Å²) in [5.41, 5.74) is 2.10. The first kappa shape index (κ1) is 22.3. The average molecular weight is 399 g/mol. The Kier molecular flexibility index (Phi) is 8.52. The van der Waals surface area contributed by atoms with Gasteiger partial charge in [-0.1, -0.05) is 48.9 Å². The average Bonchev–Trinajstić information content (AvgIpc) is 2.73. The van der Waals surface area contributed by atoms with Crippen molar-refractivity contribution >= 4 is 11.8 Å². The lowest BCUT2D eigenvalue weighted by molar-refractivity contribution is -0.142. The van der Waals surface area contributed by atoms with Gasteiger partial charge in [-0.3, -0.25) is 9.59 Å². The molecule has 0 aromatic heterocycles. The topological polar surface area (TPSA) is 67.9 Å². The Bertz CT molecular complexity index is 805. The van der Waals surface area contributed by atoms with E-state index in [2.05, 4.69) is 5.32 Å². The first-order valence-corrected chi connectivity index (χ1v) is 9.88. The van der Waals surface area contributed by atoms with Gasteiger partial charge in [-0.15, -0.1) is 0 Å². The number of methoxy groups -OCH3 is 1.